The lowest BCUT2D eigenvalue weighted by molar-refractivity contribution is -0.173. The van der Waals surface area contributed by atoms with Crippen LogP contribution in [0.2, 0.25) is 0 Å². The molecule has 1 saturated heterocycles. The average molecular weight is 397 g/mol. The fraction of sp³-hybridized carbons (Fsp3) is 0.864. The molecule has 1 heterocycles. The van der Waals surface area contributed by atoms with Gasteiger partial charge in [0.1, 0.15) is 12.7 Å². The first kappa shape index (κ1) is 22.7. The van der Waals surface area contributed by atoms with Gasteiger partial charge >= 0.3 is 17.9 Å². The van der Waals surface area contributed by atoms with E-state index >= 15 is 0 Å². The van der Waals surface area contributed by atoms with Crippen LogP contribution >= 0.6 is 0 Å². The summed E-state index contributed by atoms with van der Waals surface area (Å²) in [6, 6.07) is 0. The topological polar surface area (TPSA) is 78.9 Å². The quantitative estimate of drug-likeness (QED) is 0.500. The smallest absolute Gasteiger partial charge is 0.344 e. The van der Waals surface area contributed by atoms with E-state index in [9.17, 15) is 14.4 Å². The summed E-state index contributed by atoms with van der Waals surface area (Å²) in [6.45, 7) is 13.8. The van der Waals surface area contributed by atoms with Crippen molar-refractivity contribution in [3.05, 3.63) is 0 Å². The zero-order valence-corrected chi connectivity index (χ0v) is 18.4. The first-order valence-corrected chi connectivity index (χ1v) is 10.3. The third kappa shape index (κ3) is 5.06. The molecule has 0 bridgehead atoms. The van der Waals surface area contributed by atoms with Crippen molar-refractivity contribution in [3.8, 4) is 0 Å². The molecule has 3 unspecified atom stereocenters. The molecule has 0 aromatic rings. The molecule has 1 aliphatic heterocycles. The molecule has 1 aliphatic carbocycles. The van der Waals surface area contributed by atoms with Gasteiger partial charge in [-0.2, -0.15) is 0 Å². The van der Waals surface area contributed by atoms with Crippen LogP contribution < -0.4 is 0 Å². The normalized spacial score (nSPS) is 27.0. The summed E-state index contributed by atoms with van der Waals surface area (Å²) < 4.78 is 15.9. The van der Waals surface area contributed by atoms with Gasteiger partial charge in [-0.05, 0) is 37.0 Å². The Bertz CT molecular complexity index is 611. The number of cyclic esters (lactones) is 1. The molecule has 0 N–H and O–H groups in total. The van der Waals surface area contributed by atoms with Crippen molar-refractivity contribution in [2.45, 2.75) is 80.3 Å². The highest BCUT2D eigenvalue weighted by Gasteiger charge is 2.49. The molecule has 4 atom stereocenters. The molecule has 6 heteroatoms. The van der Waals surface area contributed by atoms with Crippen molar-refractivity contribution in [2.24, 2.45) is 28.1 Å². The van der Waals surface area contributed by atoms with Gasteiger partial charge in [-0.3, -0.25) is 9.59 Å². The van der Waals surface area contributed by atoms with Gasteiger partial charge in [0.15, 0.2) is 6.61 Å². The summed E-state index contributed by atoms with van der Waals surface area (Å²) in [5, 5.41) is 0. The zero-order valence-electron chi connectivity index (χ0n) is 18.4. The summed E-state index contributed by atoms with van der Waals surface area (Å²) in [6.07, 6.45) is 3.04. The molecule has 2 fully saturated rings. The van der Waals surface area contributed by atoms with E-state index in [1.807, 2.05) is 27.7 Å². The molecule has 160 valence electrons. The molecule has 0 amide bonds. The number of fused-ring (bicyclic) bond motifs is 1. The molecule has 0 spiro atoms. The van der Waals surface area contributed by atoms with Crippen molar-refractivity contribution < 1.29 is 28.6 Å². The Morgan fingerprint density at radius 3 is 2.25 bits per heavy atom. The van der Waals surface area contributed by atoms with Crippen LogP contribution in [0.1, 0.15) is 74.1 Å². The van der Waals surface area contributed by atoms with Crippen LogP contribution in [-0.4, -0.2) is 37.2 Å². The molecule has 0 aromatic carbocycles. The highest BCUT2D eigenvalue weighted by molar-refractivity contribution is 5.81. The van der Waals surface area contributed by atoms with Gasteiger partial charge in [-0.15, -0.1) is 0 Å². The lowest BCUT2D eigenvalue weighted by Crippen LogP contribution is -2.44. The molecule has 0 radical (unpaired) electrons. The monoisotopic (exact) mass is 396 g/mol. The predicted molar refractivity (Wildman–Crippen MR) is 104 cm³/mol. The largest absolute Gasteiger partial charge is 0.459 e. The van der Waals surface area contributed by atoms with E-state index in [1.54, 1.807) is 0 Å². The molecule has 0 aromatic heterocycles. The van der Waals surface area contributed by atoms with Gasteiger partial charge in [0.2, 0.25) is 0 Å². The van der Waals surface area contributed by atoms with Gasteiger partial charge in [0, 0.05) is 5.92 Å². The van der Waals surface area contributed by atoms with E-state index in [1.165, 1.54) is 0 Å². The fourth-order valence-corrected chi connectivity index (χ4v) is 4.41. The maximum Gasteiger partial charge on any atom is 0.344 e. The molecule has 1 saturated carbocycles. The van der Waals surface area contributed by atoms with E-state index in [0.717, 1.165) is 19.3 Å². The Morgan fingerprint density at radius 1 is 1.04 bits per heavy atom. The third-order valence-electron chi connectivity index (χ3n) is 6.34. The van der Waals surface area contributed by atoms with Gasteiger partial charge < -0.3 is 14.2 Å². The van der Waals surface area contributed by atoms with E-state index < -0.39 is 24.0 Å². The third-order valence-corrected chi connectivity index (χ3v) is 6.34. The van der Waals surface area contributed by atoms with Crippen LogP contribution in [0, 0.1) is 28.1 Å². The lowest BCUT2D eigenvalue weighted by atomic mass is 9.61. The summed E-state index contributed by atoms with van der Waals surface area (Å²) in [5.41, 5.74) is -1.12. The Hall–Kier alpha value is -1.59. The number of carbonyl (C=O) groups is 3. The average Bonchev–Trinajstić information content (AvgIpc) is 3.12. The van der Waals surface area contributed by atoms with Gasteiger partial charge in [-0.25, -0.2) is 4.79 Å². The van der Waals surface area contributed by atoms with Crippen LogP contribution in [0.15, 0.2) is 0 Å². The van der Waals surface area contributed by atoms with E-state index in [-0.39, 0.29) is 41.3 Å². The first-order chi connectivity index (χ1) is 12.7. The maximum absolute atomic E-state index is 12.8. The van der Waals surface area contributed by atoms with E-state index in [2.05, 4.69) is 20.8 Å². The molecular formula is C22H36O6. The minimum absolute atomic E-state index is 0.0296. The standard InChI is InChI=1S/C22H36O6/c1-20(2,3)13-22(7,21(4,5)6)19(25)27-12-17(23)26-11-16-14-9-8-10-15(14)18(24)28-16/h14-16H,8-13H2,1-7H3/t14?,15?,16-,22?/m0/s1. The van der Waals surface area contributed by atoms with Crippen molar-refractivity contribution in [1.29, 1.82) is 0 Å². The number of esters is 3. The van der Waals surface area contributed by atoms with Crippen LogP contribution in [0.5, 0.6) is 0 Å². The summed E-state index contributed by atoms with van der Waals surface area (Å²) in [5.74, 6) is -1.10. The van der Waals surface area contributed by atoms with Crippen LogP contribution in [-0.2, 0) is 28.6 Å². The molecule has 6 nitrogen and oxygen atoms in total. The Labute approximate surface area is 168 Å². The minimum atomic E-state index is -0.733. The van der Waals surface area contributed by atoms with Crippen LogP contribution in [0.25, 0.3) is 0 Å². The van der Waals surface area contributed by atoms with Crippen molar-refractivity contribution in [1.82, 2.24) is 0 Å². The number of hydrogen-bond acceptors (Lipinski definition) is 6. The first-order valence-electron chi connectivity index (χ1n) is 10.3. The van der Waals surface area contributed by atoms with Crippen molar-refractivity contribution in [2.75, 3.05) is 13.2 Å². The molecule has 28 heavy (non-hydrogen) atoms. The van der Waals surface area contributed by atoms with Gasteiger partial charge in [0.25, 0.3) is 0 Å². The number of carbonyl (C=O) groups excluding carboxylic acids is 3. The SMILES string of the molecule is CC(C)(C)CC(C)(C(=O)OCC(=O)OC[C@@H]1OC(=O)C2CCCC21)C(C)(C)C. The van der Waals surface area contributed by atoms with Gasteiger partial charge in [-0.1, -0.05) is 48.0 Å². The summed E-state index contributed by atoms with van der Waals surface area (Å²) >= 11 is 0. The second kappa shape index (κ2) is 8.03. The molecular weight excluding hydrogens is 360 g/mol. The van der Waals surface area contributed by atoms with E-state index in [4.69, 9.17) is 14.2 Å². The second-order valence-electron chi connectivity index (χ2n) is 10.8. The lowest BCUT2D eigenvalue weighted by Gasteiger charge is -2.43. The van der Waals surface area contributed by atoms with Crippen LogP contribution in [0.3, 0.4) is 0 Å². The maximum atomic E-state index is 12.8. The Kier molecular flexibility index (Phi) is 6.51. The summed E-state index contributed by atoms with van der Waals surface area (Å²) in [4.78, 5) is 36.8. The Balaban J connectivity index is 1.87. The zero-order chi connectivity index (χ0) is 21.3. The summed E-state index contributed by atoms with van der Waals surface area (Å²) in [7, 11) is 0. The molecule has 2 aliphatic rings. The highest BCUT2D eigenvalue weighted by atomic mass is 16.6. The fourth-order valence-electron chi connectivity index (χ4n) is 4.41. The number of hydrogen-bond donors (Lipinski definition) is 0. The van der Waals surface area contributed by atoms with Crippen molar-refractivity contribution >= 4 is 17.9 Å². The predicted octanol–water partition coefficient (Wildman–Crippen LogP) is 3.90. The minimum Gasteiger partial charge on any atom is -0.459 e. The second-order valence-corrected chi connectivity index (χ2v) is 10.8. The van der Waals surface area contributed by atoms with Crippen molar-refractivity contribution in [3.63, 3.8) is 0 Å². The van der Waals surface area contributed by atoms with E-state index in [0.29, 0.717) is 6.42 Å². The number of rotatable bonds is 6. The Morgan fingerprint density at radius 2 is 1.68 bits per heavy atom. The van der Waals surface area contributed by atoms with Crippen LogP contribution in [0.4, 0.5) is 0 Å². The number of ether oxygens (including phenoxy) is 3. The molecule has 2 rings (SSSR count). The van der Waals surface area contributed by atoms with Gasteiger partial charge in [0.05, 0.1) is 11.3 Å². The highest BCUT2D eigenvalue weighted by Crippen LogP contribution is 2.47.